The lowest BCUT2D eigenvalue weighted by Crippen LogP contribution is -2.37. The fourth-order valence-corrected chi connectivity index (χ4v) is 4.18. The summed E-state index contributed by atoms with van der Waals surface area (Å²) in [7, 11) is 0. The van der Waals surface area contributed by atoms with Crippen molar-refractivity contribution in [3.63, 3.8) is 0 Å². The molecule has 3 amide bonds. The highest BCUT2D eigenvalue weighted by atomic mass is 35.5. The van der Waals surface area contributed by atoms with Crippen LogP contribution in [0.15, 0.2) is 53.7 Å². The van der Waals surface area contributed by atoms with Crippen LogP contribution in [-0.4, -0.2) is 57.8 Å². The van der Waals surface area contributed by atoms with E-state index in [2.05, 4.69) is 10.3 Å². The second-order valence-electron chi connectivity index (χ2n) is 6.83. The van der Waals surface area contributed by atoms with Crippen LogP contribution in [-0.2, 0) is 20.9 Å². The standard InChI is InChI=1S/C21H19ClN4O4S/c22-15-6-7-17-16(10-15)24-21(26(17)11-14-4-2-1-3-5-14)31-13-19(28)30-12-18(27)25-9-8-23-20(25)29/h1-7,10H,8-9,11-13H2,(H,23,29). The predicted octanol–water partition coefficient (Wildman–Crippen LogP) is 2.93. The Morgan fingerprint density at radius 2 is 2.00 bits per heavy atom. The van der Waals surface area contributed by atoms with Crippen molar-refractivity contribution in [3.8, 4) is 0 Å². The number of rotatable bonds is 7. The number of halogens is 1. The Morgan fingerprint density at radius 1 is 1.19 bits per heavy atom. The molecular weight excluding hydrogens is 440 g/mol. The van der Waals surface area contributed by atoms with Crippen molar-refractivity contribution < 1.29 is 19.1 Å². The van der Waals surface area contributed by atoms with Gasteiger partial charge < -0.3 is 14.6 Å². The van der Waals surface area contributed by atoms with Crippen LogP contribution in [0.4, 0.5) is 4.79 Å². The highest BCUT2D eigenvalue weighted by Crippen LogP contribution is 2.27. The molecule has 3 aromatic rings. The molecule has 0 radical (unpaired) electrons. The predicted molar refractivity (Wildman–Crippen MR) is 117 cm³/mol. The van der Waals surface area contributed by atoms with Crippen LogP contribution in [0.1, 0.15) is 5.56 Å². The number of imide groups is 1. The number of ether oxygens (including phenoxy) is 1. The zero-order chi connectivity index (χ0) is 21.8. The maximum Gasteiger partial charge on any atom is 0.324 e. The van der Waals surface area contributed by atoms with E-state index in [0.717, 1.165) is 21.5 Å². The van der Waals surface area contributed by atoms with Crippen molar-refractivity contribution in [3.05, 3.63) is 59.1 Å². The van der Waals surface area contributed by atoms with Gasteiger partial charge in [0.05, 0.1) is 23.3 Å². The zero-order valence-electron chi connectivity index (χ0n) is 16.4. The Kier molecular flexibility index (Phi) is 6.43. The molecule has 31 heavy (non-hydrogen) atoms. The third kappa shape index (κ3) is 5.00. The second kappa shape index (κ2) is 9.40. The number of hydrogen-bond acceptors (Lipinski definition) is 6. The van der Waals surface area contributed by atoms with E-state index in [0.29, 0.717) is 23.3 Å². The Bertz CT molecular complexity index is 1140. The highest BCUT2D eigenvalue weighted by Gasteiger charge is 2.26. The summed E-state index contributed by atoms with van der Waals surface area (Å²) in [4.78, 5) is 41.3. The molecule has 8 nitrogen and oxygen atoms in total. The molecule has 10 heteroatoms. The highest BCUT2D eigenvalue weighted by molar-refractivity contribution is 7.99. The molecule has 1 saturated heterocycles. The van der Waals surface area contributed by atoms with E-state index in [9.17, 15) is 14.4 Å². The third-order valence-corrected chi connectivity index (χ3v) is 5.88. The van der Waals surface area contributed by atoms with Gasteiger partial charge in [-0.2, -0.15) is 0 Å². The van der Waals surface area contributed by atoms with Gasteiger partial charge in [0.2, 0.25) is 0 Å². The number of nitrogens with one attached hydrogen (secondary N) is 1. The van der Waals surface area contributed by atoms with Crippen LogP contribution in [0.5, 0.6) is 0 Å². The van der Waals surface area contributed by atoms with Crippen LogP contribution < -0.4 is 5.32 Å². The van der Waals surface area contributed by atoms with Gasteiger partial charge in [0, 0.05) is 18.1 Å². The number of aromatic nitrogens is 2. The molecular formula is C21H19ClN4O4S. The first-order valence-corrected chi connectivity index (χ1v) is 10.9. The van der Waals surface area contributed by atoms with Crippen molar-refractivity contribution in [1.29, 1.82) is 0 Å². The number of imidazole rings is 1. The average molecular weight is 459 g/mol. The molecule has 0 spiro atoms. The topological polar surface area (TPSA) is 93.5 Å². The van der Waals surface area contributed by atoms with E-state index in [1.54, 1.807) is 12.1 Å². The molecule has 160 valence electrons. The smallest absolute Gasteiger partial charge is 0.324 e. The first-order valence-electron chi connectivity index (χ1n) is 9.57. The molecule has 0 unspecified atom stereocenters. The Labute approximate surface area is 187 Å². The van der Waals surface area contributed by atoms with Gasteiger partial charge in [0.25, 0.3) is 5.91 Å². The minimum atomic E-state index is -0.561. The van der Waals surface area contributed by atoms with E-state index in [1.165, 1.54) is 11.8 Å². The maximum absolute atomic E-state index is 12.2. The van der Waals surface area contributed by atoms with Crippen molar-refractivity contribution in [2.75, 3.05) is 25.4 Å². The summed E-state index contributed by atoms with van der Waals surface area (Å²) in [6, 6.07) is 14.9. The lowest BCUT2D eigenvalue weighted by atomic mass is 10.2. The van der Waals surface area contributed by atoms with E-state index >= 15 is 0 Å². The lowest BCUT2D eigenvalue weighted by molar-refractivity contribution is -0.148. The van der Waals surface area contributed by atoms with Gasteiger partial charge in [0.15, 0.2) is 11.8 Å². The molecule has 4 rings (SSSR count). The quantitative estimate of drug-likeness (QED) is 0.432. The zero-order valence-corrected chi connectivity index (χ0v) is 18.0. The molecule has 1 aromatic heterocycles. The Hall–Kier alpha value is -3.04. The summed E-state index contributed by atoms with van der Waals surface area (Å²) in [5.41, 5.74) is 2.73. The van der Waals surface area contributed by atoms with Crippen molar-refractivity contribution in [1.82, 2.24) is 19.8 Å². The number of carbonyl (C=O) groups excluding carboxylic acids is 3. The average Bonchev–Trinajstić information content (AvgIpc) is 3.34. The second-order valence-corrected chi connectivity index (χ2v) is 8.20. The summed E-state index contributed by atoms with van der Waals surface area (Å²) < 4.78 is 7.06. The number of carbonyl (C=O) groups is 3. The van der Waals surface area contributed by atoms with Gasteiger partial charge in [-0.15, -0.1) is 0 Å². The van der Waals surface area contributed by atoms with Crippen LogP contribution in [0.25, 0.3) is 11.0 Å². The van der Waals surface area contributed by atoms with Gasteiger partial charge in [-0.25, -0.2) is 9.78 Å². The van der Waals surface area contributed by atoms with Crippen molar-refractivity contribution in [2.45, 2.75) is 11.7 Å². The Balaban J connectivity index is 1.43. The van der Waals surface area contributed by atoms with Gasteiger partial charge in [-0.1, -0.05) is 53.7 Å². The number of fused-ring (bicyclic) bond motifs is 1. The molecule has 2 aromatic carbocycles. The molecule has 2 heterocycles. The van der Waals surface area contributed by atoms with Gasteiger partial charge in [-0.05, 0) is 23.8 Å². The summed E-state index contributed by atoms with van der Waals surface area (Å²) in [5, 5.41) is 3.75. The van der Waals surface area contributed by atoms with Crippen molar-refractivity contribution in [2.24, 2.45) is 0 Å². The SMILES string of the molecule is O=C(CSc1nc2cc(Cl)ccc2n1Cc1ccccc1)OCC(=O)N1CCNC1=O. The maximum atomic E-state index is 12.2. The minimum Gasteiger partial charge on any atom is -0.455 e. The fraction of sp³-hybridized carbons (Fsp3) is 0.238. The van der Waals surface area contributed by atoms with E-state index < -0.39 is 24.5 Å². The largest absolute Gasteiger partial charge is 0.455 e. The van der Waals surface area contributed by atoms with Crippen LogP contribution >= 0.6 is 23.4 Å². The number of urea groups is 1. The molecule has 0 saturated carbocycles. The molecule has 0 atom stereocenters. The van der Waals surface area contributed by atoms with Crippen LogP contribution in [0.2, 0.25) is 5.02 Å². The number of nitrogens with zero attached hydrogens (tertiary/aromatic N) is 3. The number of esters is 1. The van der Waals surface area contributed by atoms with E-state index in [1.807, 2.05) is 41.0 Å². The number of thioether (sulfide) groups is 1. The normalized spacial score (nSPS) is 13.5. The molecule has 0 aliphatic carbocycles. The molecule has 1 aliphatic rings. The molecule has 1 N–H and O–H groups in total. The van der Waals surface area contributed by atoms with Gasteiger partial charge in [0.1, 0.15) is 0 Å². The summed E-state index contributed by atoms with van der Waals surface area (Å²) in [6.45, 7) is 0.786. The Morgan fingerprint density at radius 3 is 2.74 bits per heavy atom. The number of hydrogen-bond donors (Lipinski definition) is 1. The lowest BCUT2D eigenvalue weighted by Gasteiger charge is -2.12. The van der Waals surface area contributed by atoms with Crippen LogP contribution in [0, 0.1) is 0 Å². The van der Waals surface area contributed by atoms with Gasteiger partial charge in [-0.3, -0.25) is 14.5 Å². The van der Waals surface area contributed by atoms with E-state index in [4.69, 9.17) is 16.3 Å². The summed E-state index contributed by atoms with van der Waals surface area (Å²) in [5.74, 6) is -1.13. The molecule has 1 fully saturated rings. The molecule has 1 aliphatic heterocycles. The first-order chi connectivity index (χ1) is 15.0. The molecule has 0 bridgehead atoms. The fourth-order valence-electron chi connectivity index (χ4n) is 3.20. The third-order valence-electron chi connectivity index (χ3n) is 4.69. The first kappa shape index (κ1) is 21.2. The minimum absolute atomic E-state index is 0.0225. The summed E-state index contributed by atoms with van der Waals surface area (Å²) in [6.07, 6.45) is 0. The van der Waals surface area contributed by atoms with Gasteiger partial charge >= 0.3 is 12.0 Å². The van der Waals surface area contributed by atoms with E-state index in [-0.39, 0.29) is 12.3 Å². The monoisotopic (exact) mass is 458 g/mol. The number of amides is 3. The van der Waals surface area contributed by atoms with Crippen LogP contribution in [0.3, 0.4) is 0 Å². The number of benzene rings is 2. The summed E-state index contributed by atoms with van der Waals surface area (Å²) >= 11 is 7.33. The van der Waals surface area contributed by atoms with Crippen molar-refractivity contribution >= 4 is 52.3 Å².